The van der Waals surface area contributed by atoms with Crippen molar-refractivity contribution in [3.05, 3.63) is 40.5 Å². The zero-order valence-electron chi connectivity index (χ0n) is 14.6. The first kappa shape index (κ1) is 18.8. The summed E-state index contributed by atoms with van der Waals surface area (Å²) in [6, 6.07) is 5.42. The monoisotopic (exact) mass is 384 g/mol. The number of aromatic nitrogens is 2. The third-order valence-corrected chi connectivity index (χ3v) is 4.66. The van der Waals surface area contributed by atoms with Crippen LogP contribution in [0.15, 0.2) is 24.3 Å². The lowest BCUT2D eigenvalue weighted by atomic mass is 10.0. The summed E-state index contributed by atoms with van der Waals surface area (Å²) in [6.07, 6.45) is -2.25. The van der Waals surface area contributed by atoms with Crippen LogP contribution in [0, 0.1) is 12.8 Å². The molecule has 1 aromatic heterocycles. The number of alkyl halides is 3. The lowest BCUT2D eigenvalue weighted by molar-refractivity contribution is -0.137. The van der Waals surface area contributed by atoms with Gasteiger partial charge in [0.25, 0.3) is 0 Å². The molecule has 140 valence electrons. The lowest BCUT2D eigenvalue weighted by Crippen LogP contribution is -2.35. The molecule has 0 aliphatic carbocycles. The van der Waals surface area contributed by atoms with Crippen LogP contribution in [-0.2, 0) is 6.18 Å². The Labute approximate surface area is 155 Å². The van der Waals surface area contributed by atoms with Gasteiger partial charge in [0.2, 0.25) is 5.95 Å². The Bertz CT molecular complexity index is 794. The molecule has 0 amide bonds. The van der Waals surface area contributed by atoms with Gasteiger partial charge in [0.1, 0.15) is 5.82 Å². The molecule has 1 aromatic carbocycles. The van der Waals surface area contributed by atoms with Gasteiger partial charge in [-0.2, -0.15) is 18.2 Å². The predicted molar refractivity (Wildman–Crippen MR) is 97.1 cm³/mol. The first-order valence-electron chi connectivity index (χ1n) is 8.47. The number of halogens is 4. The van der Waals surface area contributed by atoms with Crippen molar-refractivity contribution in [3.8, 4) is 0 Å². The van der Waals surface area contributed by atoms with Crippen LogP contribution in [0.5, 0.6) is 0 Å². The van der Waals surface area contributed by atoms with Gasteiger partial charge in [-0.1, -0.05) is 18.5 Å². The maximum atomic E-state index is 13.0. The van der Waals surface area contributed by atoms with Gasteiger partial charge in [-0.3, -0.25) is 0 Å². The fourth-order valence-corrected chi connectivity index (χ4v) is 3.32. The van der Waals surface area contributed by atoms with Gasteiger partial charge < -0.3 is 10.2 Å². The smallest absolute Gasteiger partial charge is 0.340 e. The summed E-state index contributed by atoms with van der Waals surface area (Å²) in [4.78, 5) is 11.1. The molecule has 4 nitrogen and oxygen atoms in total. The fraction of sp³-hybridized carbons (Fsp3) is 0.444. The van der Waals surface area contributed by atoms with Gasteiger partial charge in [-0.25, -0.2) is 4.98 Å². The minimum atomic E-state index is -4.51. The molecule has 0 saturated carbocycles. The molecule has 3 rings (SSSR count). The molecule has 2 aromatic rings. The molecule has 1 N–H and O–H groups in total. The summed E-state index contributed by atoms with van der Waals surface area (Å²) >= 11 is 5.67. The average molecular weight is 385 g/mol. The second-order valence-corrected chi connectivity index (χ2v) is 7.11. The molecule has 0 spiro atoms. The quantitative estimate of drug-likeness (QED) is 0.765. The van der Waals surface area contributed by atoms with E-state index in [1.54, 1.807) is 6.07 Å². The summed E-state index contributed by atoms with van der Waals surface area (Å²) in [5.41, 5.74) is 0.151. The molecule has 1 aliphatic rings. The maximum Gasteiger partial charge on any atom is 0.417 e. The van der Waals surface area contributed by atoms with Gasteiger partial charge >= 0.3 is 6.18 Å². The fourth-order valence-electron chi connectivity index (χ4n) is 3.10. The summed E-state index contributed by atoms with van der Waals surface area (Å²) in [6.45, 7) is 5.79. The normalized spacial score (nSPS) is 18.1. The van der Waals surface area contributed by atoms with Crippen LogP contribution in [0.4, 0.5) is 30.6 Å². The van der Waals surface area contributed by atoms with Crippen LogP contribution in [0.1, 0.15) is 31.0 Å². The highest BCUT2D eigenvalue weighted by Gasteiger charge is 2.33. The van der Waals surface area contributed by atoms with Crippen molar-refractivity contribution in [2.75, 3.05) is 23.3 Å². The van der Waals surface area contributed by atoms with Crippen LogP contribution >= 0.6 is 11.6 Å². The van der Waals surface area contributed by atoms with Crippen molar-refractivity contribution in [2.45, 2.75) is 32.9 Å². The zero-order valence-corrected chi connectivity index (χ0v) is 15.3. The topological polar surface area (TPSA) is 41.1 Å². The second kappa shape index (κ2) is 7.31. The Balaban J connectivity index is 1.86. The molecule has 1 atom stereocenters. The molecule has 1 fully saturated rings. The largest absolute Gasteiger partial charge is 0.417 e. The Morgan fingerprint density at radius 3 is 2.69 bits per heavy atom. The lowest BCUT2D eigenvalue weighted by Gasteiger charge is -2.31. The van der Waals surface area contributed by atoms with E-state index in [2.05, 4.69) is 27.1 Å². The number of anilines is 3. The molecule has 0 bridgehead atoms. The average Bonchev–Trinajstić information content (AvgIpc) is 2.55. The van der Waals surface area contributed by atoms with Crippen LogP contribution in [0.3, 0.4) is 0 Å². The SMILES string of the molecule is Cc1cc(Nc2ccc(Cl)c(C(F)(F)F)c2)nc(N2CCCC(C)C2)n1. The number of nitrogens with one attached hydrogen (secondary N) is 1. The highest BCUT2D eigenvalue weighted by atomic mass is 35.5. The van der Waals surface area contributed by atoms with Crippen molar-refractivity contribution in [3.63, 3.8) is 0 Å². The standard InChI is InChI=1S/C18H20ClF3N4/c1-11-4-3-7-26(10-11)17-23-12(2)8-16(25-17)24-13-5-6-15(19)14(9-13)18(20,21)22/h5-6,8-9,11H,3-4,7,10H2,1-2H3,(H,23,24,25). The molecule has 1 saturated heterocycles. The molecule has 8 heteroatoms. The van der Waals surface area contributed by atoms with Crippen LogP contribution in [0.2, 0.25) is 5.02 Å². The van der Waals surface area contributed by atoms with Crippen LogP contribution in [0.25, 0.3) is 0 Å². The number of rotatable bonds is 3. The molecule has 1 aliphatic heterocycles. The Hall–Kier alpha value is -2.02. The molecular weight excluding hydrogens is 365 g/mol. The van der Waals surface area contributed by atoms with Gasteiger partial charge in [0.15, 0.2) is 0 Å². The minimum absolute atomic E-state index is 0.276. The summed E-state index contributed by atoms with van der Waals surface area (Å²) in [5, 5.41) is 2.61. The molecule has 1 unspecified atom stereocenters. The Kier molecular flexibility index (Phi) is 5.27. The highest BCUT2D eigenvalue weighted by molar-refractivity contribution is 6.31. The van der Waals surface area contributed by atoms with E-state index >= 15 is 0 Å². The van der Waals surface area contributed by atoms with Gasteiger partial charge in [-0.05, 0) is 43.9 Å². The van der Waals surface area contributed by atoms with Gasteiger partial charge in [0.05, 0.1) is 10.6 Å². The van der Waals surface area contributed by atoms with E-state index in [1.807, 2.05) is 6.92 Å². The van der Waals surface area contributed by atoms with E-state index in [4.69, 9.17) is 11.6 Å². The van der Waals surface area contributed by atoms with E-state index in [0.29, 0.717) is 17.7 Å². The zero-order chi connectivity index (χ0) is 18.9. The third kappa shape index (κ3) is 4.38. The predicted octanol–water partition coefficient (Wildman–Crippen LogP) is 5.44. The number of piperidine rings is 1. The molecular formula is C18H20ClF3N4. The van der Waals surface area contributed by atoms with E-state index in [1.165, 1.54) is 18.6 Å². The third-order valence-electron chi connectivity index (χ3n) is 4.33. The van der Waals surface area contributed by atoms with E-state index in [-0.39, 0.29) is 10.7 Å². The number of benzene rings is 1. The summed E-state index contributed by atoms with van der Waals surface area (Å²) < 4.78 is 39.1. The first-order chi connectivity index (χ1) is 12.2. The minimum Gasteiger partial charge on any atom is -0.340 e. The van der Waals surface area contributed by atoms with Crippen LogP contribution < -0.4 is 10.2 Å². The maximum absolute atomic E-state index is 13.0. The van der Waals surface area contributed by atoms with Crippen LogP contribution in [-0.4, -0.2) is 23.1 Å². The number of hydrogen-bond acceptors (Lipinski definition) is 4. The van der Waals surface area contributed by atoms with Crippen molar-refractivity contribution >= 4 is 29.1 Å². The Morgan fingerprint density at radius 2 is 2.00 bits per heavy atom. The molecule has 2 heterocycles. The van der Waals surface area contributed by atoms with E-state index in [0.717, 1.165) is 31.3 Å². The van der Waals surface area contributed by atoms with Crippen molar-refractivity contribution in [2.24, 2.45) is 5.92 Å². The van der Waals surface area contributed by atoms with Crippen molar-refractivity contribution < 1.29 is 13.2 Å². The van der Waals surface area contributed by atoms with Crippen molar-refractivity contribution in [1.29, 1.82) is 0 Å². The van der Waals surface area contributed by atoms with E-state index in [9.17, 15) is 13.2 Å². The summed E-state index contributed by atoms with van der Waals surface area (Å²) in [5.74, 6) is 1.63. The molecule has 26 heavy (non-hydrogen) atoms. The first-order valence-corrected chi connectivity index (χ1v) is 8.84. The number of hydrogen-bond donors (Lipinski definition) is 1. The summed E-state index contributed by atoms with van der Waals surface area (Å²) in [7, 11) is 0. The van der Waals surface area contributed by atoms with E-state index < -0.39 is 11.7 Å². The van der Waals surface area contributed by atoms with Gasteiger partial charge in [0, 0.05) is 30.5 Å². The van der Waals surface area contributed by atoms with Gasteiger partial charge in [-0.15, -0.1) is 0 Å². The number of aryl methyl sites for hydroxylation is 1. The molecule has 0 radical (unpaired) electrons. The Morgan fingerprint density at radius 1 is 1.23 bits per heavy atom. The number of nitrogens with zero attached hydrogens (tertiary/aromatic N) is 3. The highest BCUT2D eigenvalue weighted by Crippen LogP contribution is 2.36. The van der Waals surface area contributed by atoms with Crippen molar-refractivity contribution in [1.82, 2.24) is 9.97 Å². The second-order valence-electron chi connectivity index (χ2n) is 6.71.